The van der Waals surface area contributed by atoms with Crippen LogP contribution < -0.4 is 11.3 Å². The van der Waals surface area contributed by atoms with Crippen LogP contribution in [0.25, 0.3) is 0 Å². The molecule has 3 N–H and O–H groups in total. The van der Waals surface area contributed by atoms with E-state index in [0.29, 0.717) is 12.1 Å². The molecule has 0 heterocycles. The predicted molar refractivity (Wildman–Crippen MR) is 52.0 cm³/mol. The van der Waals surface area contributed by atoms with E-state index < -0.39 is 41.5 Å². The maximum atomic E-state index is 13.3. The van der Waals surface area contributed by atoms with E-state index in [1.165, 1.54) is 5.43 Å². The second-order valence-corrected chi connectivity index (χ2v) is 3.87. The van der Waals surface area contributed by atoms with Crippen LogP contribution in [-0.4, -0.2) is 12.4 Å². The highest BCUT2D eigenvalue weighted by molar-refractivity contribution is 5.24. The summed E-state index contributed by atoms with van der Waals surface area (Å²) in [4.78, 5) is 0. The van der Waals surface area contributed by atoms with E-state index in [9.17, 15) is 35.1 Å². The summed E-state index contributed by atoms with van der Waals surface area (Å²) >= 11 is 0. The molecular weight excluding hydrogens is 300 g/mol. The van der Waals surface area contributed by atoms with Crippen molar-refractivity contribution in [3.8, 4) is 0 Å². The summed E-state index contributed by atoms with van der Waals surface area (Å²) in [5.41, 5.74) is 0.0929. The molecule has 0 aromatic heterocycles. The van der Waals surface area contributed by atoms with E-state index in [1.807, 2.05) is 0 Å². The van der Waals surface area contributed by atoms with Crippen LogP contribution in [0.4, 0.5) is 35.1 Å². The van der Waals surface area contributed by atoms with Crippen LogP contribution in [0.5, 0.6) is 0 Å². The van der Waals surface area contributed by atoms with Crippen molar-refractivity contribution < 1.29 is 35.1 Å². The number of halogens is 8. The van der Waals surface area contributed by atoms with Gasteiger partial charge in [-0.1, -0.05) is 0 Å². The van der Waals surface area contributed by atoms with Crippen molar-refractivity contribution >= 4 is 0 Å². The smallest absolute Gasteiger partial charge is 0.271 e. The van der Waals surface area contributed by atoms with Crippen LogP contribution in [0, 0.1) is 17.6 Å². The molecule has 1 rings (SSSR count). The molecule has 0 spiro atoms. The maximum absolute atomic E-state index is 13.3. The molecule has 0 saturated heterocycles. The van der Waals surface area contributed by atoms with Gasteiger partial charge in [0.25, 0.3) is 0 Å². The molecule has 0 fully saturated rings. The zero-order valence-corrected chi connectivity index (χ0v) is 9.49. The molecular formula is C10H8F8N2. The number of alkyl halides is 6. The van der Waals surface area contributed by atoms with Crippen LogP contribution in [0.2, 0.25) is 0 Å². The first kappa shape index (κ1) is 16.6. The SMILES string of the molecule is NNC(c1cc(F)ccc1F)C(C(F)(F)F)C(F)(F)F. The van der Waals surface area contributed by atoms with Gasteiger partial charge < -0.3 is 0 Å². The Morgan fingerprint density at radius 1 is 0.950 bits per heavy atom. The number of nitrogens with two attached hydrogens (primary N) is 1. The summed E-state index contributed by atoms with van der Waals surface area (Å²) < 4.78 is 101. The molecule has 0 bridgehead atoms. The van der Waals surface area contributed by atoms with E-state index >= 15 is 0 Å². The summed E-state index contributed by atoms with van der Waals surface area (Å²) in [6.45, 7) is 0. The molecule has 0 radical (unpaired) electrons. The van der Waals surface area contributed by atoms with Crippen LogP contribution in [0.15, 0.2) is 18.2 Å². The Bertz CT molecular complexity index is 453. The zero-order valence-electron chi connectivity index (χ0n) is 9.49. The zero-order chi connectivity index (χ0) is 15.7. The largest absolute Gasteiger partial charge is 0.402 e. The minimum atomic E-state index is -5.74. The molecule has 0 saturated carbocycles. The molecule has 10 heteroatoms. The Morgan fingerprint density at radius 3 is 1.85 bits per heavy atom. The molecule has 114 valence electrons. The van der Waals surface area contributed by atoms with E-state index in [-0.39, 0.29) is 6.07 Å². The molecule has 2 nitrogen and oxygen atoms in total. The molecule has 0 aliphatic carbocycles. The highest BCUT2D eigenvalue weighted by Gasteiger charge is 2.60. The third kappa shape index (κ3) is 3.57. The van der Waals surface area contributed by atoms with Crippen molar-refractivity contribution in [3.63, 3.8) is 0 Å². The van der Waals surface area contributed by atoms with Gasteiger partial charge in [-0.3, -0.25) is 11.3 Å². The van der Waals surface area contributed by atoms with Gasteiger partial charge in [0.1, 0.15) is 11.6 Å². The summed E-state index contributed by atoms with van der Waals surface area (Å²) in [6.07, 6.45) is -11.5. The lowest BCUT2D eigenvalue weighted by atomic mass is 9.91. The van der Waals surface area contributed by atoms with Gasteiger partial charge in [-0.25, -0.2) is 8.78 Å². The standard InChI is InChI=1S/C10H8F8N2/c11-4-1-2-6(12)5(3-4)7(20-19)8(9(13,14)15)10(16,17)18/h1-3,7-8,20H,19H2. The third-order valence-corrected chi connectivity index (χ3v) is 2.51. The minimum absolute atomic E-state index is 0.227. The highest BCUT2D eigenvalue weighted by atomic mass is 19.4. The molecule has 0 aliphatic heterocycles. The lowest BCUT2D eigenvalue weighted by Gasteiger charge is -2.30. The van der Waals surface area contributed by atoms with Crippen molar-refractivity contribution in [3.05, 3.63) is 35.4 Å². The van der Waals surface area contributed by atoms with Crippen LogP contribution in [0.3, 0.4) is 0 Å². The van der Waals surface area contributed by atoms with E-state index in [2.05, 4.69) is 5.84 Å². The molecule has 1 unspecified atom stereocenters. The molecule has 1 atom stereocenters. The van der Waals surface area contributed by atoms with E-state index in [4.69, 9.17) is 0 Å². The second-order valence-electron chi connectivity index (χ2n) is 3.87. The van der Waals surface area contributed by atoms with Gasteiger partial charge in [0.2, 0.25) is 0 Å². The van der Waals surface area contributed by atoms with Crippen molar-refractivity contribution in [1.29, 1.82) is 0 Å². The summed E-state index contributed by atoms with van der Waals surface area (Å²) in [7, 11) is 0. The van der Waals surface area contributed by atoms with Gasteiger partial charge in [-0.15, -0.1) is 0 Å². The average Bonchev–Trinajstić information content (AvgIpc) is 2.25. The molecule has 0 aliphatic rings. The topological polar surface area (TPSA) is 38.0 Å². The van der Waals surface area contributed by atoms with Gasteiger partial charge in [0, 0.05) is 5.56 Å². The van der Waals surface area contributed by atoms with Crippen molar-refractivity contribution in [2.45, 2.75) is 18.4 Å². The number of hydrogen-bond donors (Lipinski definition) is 2. The van der Waals surface area contributed by atoms with Gasteiger partial charge in [-0.2, -0.15) is 26.3 Å². The number of benzene rings is 1. The normalized spacial score (nSPS) is 14.7. The Kier molecular flexibility index (Phi) is 4.59. The minimum Gasteiger partial charge on any atom is -0.271 e. The number of hydrazine groups is 1. The lowest BCUT2D eigenvalue weighted by molar-refractivity contribution is -0.293. The second kappa shape index (κ2) is 5.52. The Hall–Kier alpha value is -1.42. The van der Waals surface area contributed by atoms with Crippen molar-refractivity contribution in [2.24, 2.45) is 11.8 Å². The Morgan fingerprint density at radius 2 is 1.45 bits per heavy atom. The molecule has 20 heavy (non-hydrogen) atoms. The monoisotopic (exact) mass is 308 g/mol. The first-order valence-corrected chi connectivity index (χ1v) is 5.03. The Balaban J connectivity index is 3.38. The Labute approximate surface area is 107 Å². The number of rotatable bonds is 3. The molecule has 0 amide bonds. The number of hydrogen-bond acceptors (Lipinski definition) is 2. The van der Waals surface area contributed by atoms with E-state index in [0.717, 1.165) is 0 Å². The summed E-state index contributed by atoms with van der Waals surface area (Å²) in [6, 6.07) is -1.50. The predicted octanol–water partition coefficient (Wildman–Crippen LogP) is 3.21. The van der Waals surface area contributed by atoms with Crippen molar-refractivity contribution in [2.75, 3.05) is 0 Å². The van der Waals surface area contributed by atoms with Crippen molar-refractivity contribution in [1.82, 2.24) is 5.43 Å². The first-order valence-electron chi connectivity index (χ1n) is 5.03. The van der Waals surface area contributed by atoms with Crippen LogP contribution in [0.1, 0.15) is 11.6 Å². The lowest BCUT2D eigenvalue weighted by Crippen LogP contribution is -2.48. The summed E-state index contributed by atoms with van der Waals surface area (Å²) in [5, 5.41) is 0. The average molecular weight is 308 g/mol. The first-order chi connectivity index (χ1) is 8.98. The van der Waals surface area contributed by atoms with Crippen LogP contribution >= 0.6 is 0 Å². The fourth-order valence-electron chi connectivity index (χ4n) is 1.68. The van der Waals surface area contributed by atoms with Gasteiger partial charge in [0.15, 0.2) is 5.92 Å². The van der Waals surface area contributed by atoms with E-state index in [1.54, 1.807) is 0 Å². The summed E-state index contributed by atoms with van der Waals surface area (Å²) in [5.74, 6) is -1.92. The molecule has 1 aromatic rings. The fraction of sp³-hybridized carbons (Fsp3) is 0.400. The van der Waals surface area contributed by atoms with Gasteiger partial charge >= 0.3 is 12.4 Å². The fourth-order valence-corrected chi connectivity index (χ4v) is 1.68. The molecule has 1 aromatic carbocycles. The maximum Gasteiger partial charge on any atom is 0.402 e. The van der Waals surface area contributed by atoms with Gasteiger partial charge in [0.05, 0.1) is 6.04 Å². The quantitative estimate of drug-likeness (QED) is 0.511. The van der Waals surface area contributed by atoms with Gasteiger partial charge in [-0.05, 0) is 18.2 Å². The number of nitrogens with one attached hydrogen (secondary N) is 1. The third-order valence-electron chi connectivity index (χ3n) is 2.51. The van der Waals surface area contributed by atoms with Crippen LogP contribution in [-0.2, 0) is 0 Å². The highest BCUT2D eigenvalue weighted by Crippen LogP contribution is 2.46.